The quantitative estimate of drug-likeness (QED) is 0.905. The third-order valence-electron chi connectivity index (χ3n) is 2.18. The Morgan fingerprint density at radius 3 is 2.67 bits per heavy atom. The Labute approximate surface area is 102 Å². The van der Waals surface area contributed by atoms with Crippen LogP contribution in [0.25, 0.3) is 0 Å². The molecule has 0 atom stereocenters. The van der Waals surface area contributed by atoms with Crippen molar-refractivity contribution in [1.82, 2.24) is 9.88 Å². The average molecular weight is 262 g/mol. The minimum absolute atomic E-state index is 0.0277. The summed E-state index contributed by atoms with van der Waals surface area (Å²) >= 11 is 0. The van der Waals surface area contributed by atoms with Crippen LogP contribution in [-0.2, 0) is 0 Å². The van der Waals surface area contributed by atoms with E-state index in [9.17, 15) is 23.1 Å². The van der Waals surface area contributed by atoms with E-state index in [0.29, 0.717) is 11.3 Å². The summed E-state index contributed by atoms with van der Waals surface area (Å²) in [4.78, 5) is 16.1. The van der Waals surface area contributed by atoms with Crippen LogP contribution in [0, 0.1) is 0 Å². The second-order valence-electron chi connectivity index (χ2n) is 3.73. The largest absolute Gasteiger partial charge is 0.505 e. The molecule has 18 heavy (non-hydrogen) atoms. The molecule has 0 aliphatic heterocycles. The van der Waals surface area contributed by atoms with Gasteiger partial charge < -0.3 is 10.0 Å². The average Bonchev–Trinajstić information content (AvgIpc) is 2.26. The Morgan fingerprint density at radius 1 is 1.50 bits per heavy atom. The van der Waals surface area contributed by atoms with Crippen LogP contribution in [0.2, 0.25) is 0 Å². The molecule has 7 heteroatoms. The van der Waals surface area contributed by atoms with Gasteiger partial charge in [-0.1, -0.05) is 6.92 Å². The van der Waals surface area contributed by atoms with Crippen LogP contribution >= 0.6 is 0 Å². The lowest BCUT2D eigenvalue weighted by Gasteiger charge is -2.23. The first-order valence-corrected chi connectivity index (χ1v) is 5.34. The first-order chi connectivity index (χ1) is 8.35. The first kappa shape index (κ1) is 14.3. The smallest absolute Gasteiger partial charge is 0.406 e. The van der Waals surface area contributed by atoms with Crippen LogP contribution in [0.5, 0.6) is 5.75 Å². The van der Waals surface area contributed by atoms with Gasteiger partial charge in [-0.3, -0.25) is 9.78 Å². The van der Waals surface area contributed by atoms with Crippen LogP contribution in [0.1, 0.15) is 23.7 Å². The van der Waals surface area contributed by atoms with Gasteiger partial charge in [-0.25, -0.2) is 0 Å². The zero-order valence-corrected chi connectivity index (χ0v) is 9.74. The van der Waals surface area contributed by atoms with Gasteiger partial charge in [0.15, 0.2) is 0 Å². The molecule has 0 fully saturated rings. The van der Waals surface area contributed by atoms with Gasteiger partial charge in [0.2, 0.25) is 0 Å². The molecular formula is C11H13F3N2O2. The summed E-state index contributed by atoms with van der Waals surface area (Å²) in [5, 5.41) is 9.41. The maximum Gasteiger partial charge on any atom is 0.406 e. The molecule has 1 rings (SSSR count). The van der Waals surface area contributed by atoms with Crippen LogP contribution in [-0.4, -0.2) is 40.2 Å². The Balaban J connectivity index is 2.93. The zero-order chi connectivity index (χ0) is 13.8. The standard InChI is InChI=1S/C11H13F3N2O2/c1-2-5-16(7-11(12,13)14)10(18)8-3-4-15-6-9(8)17/h3-4,6,17H,2,5,7H2,1H3. The van der Waals surface area contributed by atoms with Gasteiger partial charge in [-0.15, -0.1) is 0 Å². The number of alkyl halides is 3. The second kappa shape index (κ2) is 5.70. The van der Waals surface area contributed by atoms with Gasteiger partial charge in [-0.05, 0) is 12.5 Å². The SMILES string of the molecule is CCCN(CC(F)(F)F)C(=O)c1ccncc1O. The summed E-state index contributed by atoms with van der Waals surface area (Å²) in [6.07, 6.45) is -1.81. The molecule has 0 saturated heterocycles. The molecule has 0 spiro atoms. The number of aromatic hydroxyl groups is 1. The summed E-state index contributed by atoms with van der Waals surface area (Å²) in [7, 11) is 0. The Kier molecular flexibility index (Phi) is 4.52. The van der Waals surface area contributed by atoms with E-state index in [1.807, 2.05) is 0 Å². The molecule has 1 amide bonds. The van der Waals surface area contributed by atoms with Crippen molar-refractivity contribution in [2.45, 2.75) is 19.5 Å². The molecule has 1 heterocycles. The normalized spacial score (nSPS) is 11.3. The van der Waals surface area contributed by atoms with Crippen molar-refractivity contribution in [3.8, 4) is 5.75 Å². The third kappa shape index (κ3) is 3.90. The molecular weight excluding hydrogens is 249 g/mol. The van der Waals surface area contributed by atoms with Gasteiger partial charge >= 0.3 is 6.18 Å². The molecule has 0 unspecified atom stereocenters. The molecule has 1 N–H and O–H groups in total. The van der Waals surface area contributed by atoms with Crippen LogP contribution in [0.4, 0.5) is 13.2 Å². The van der Waals surface area contributed by atoms with E-state index < -0.39 is 24.4 Å². The summed E-state index contributed by atoms with van der Waals surface area (Å²) < 4.78 is 37.0. The highest BCUT2D eigenvalue weighted by atomic mass is 19.4. The van der Waals surface area contributed by atoms with Crippen molar-refractivity contribution in [2.75, 3.05) is 13.1 Å². The monoisotopic (exact) mass is 262 g/mol. The Morgan fingerprint density at radius 2 is 2.17 bits per heavy atom. The number of pyridine rings is 1. The molecule has 4 nitrogen and oxygen atoms in total. The summed E-state index contributed by atoms with van der Waals surface area (Å²) in [6.45, 7) is 0.310. The molecule has 1 aromatic heterocycles. The maximum atomic E-state index is 12.3. The zero-order valence-electron chi connectivity index (χ0n) is 9.74. The highest BCUT2D eigenvalue weighted by molar-refractivity contribution is 5.96. The molecule has 0 aliphatic rings. The van der Waals surface area contributed by atoms with E-state index in [1.165, 1.54) is 12.3 Å². The maximum absolute atomic E-state index is 12.3. The molecule has 0 aromatic carbocycles. The lowest BCUT2D eigenvalue weighted by atomic mass is 10.2. The van der Waals surface area contributed by atoms with Crippen molar-refractivity contribution >= 4 is 5.91 Å². The number of hydrogen-bond acceptors (Lipinski definition) is 3. The van der Waals surface area contributed by atoms with Gasteiger partial charge in [0.1, 0.15) is 12.3 Å². The number of aromatic nitrogens is 1. The summed E-state index contributed by atoms with van der Waals surface area (Å²) in [5.74, 6) is -1.28. The summed E-state index contributed by atoms with van der Waals surface area (Å²) in [5.41, 5.74) is -0.178. The molecule has 0 aliphatic carbocycles. The molecule has 0 bridgehead atoms. The lowest BCUT2D eigenvalue weighted by molar-refractivity contribution is -0.140. The predicted molar refractivity (Wildman–Crippen MR) is 58.2 cm³/mol. The topological polar surface area (TPSA) is 53.4 Å². The van der Waals surface area contributed by atoms with Gasteiger partial charge in [-0.2, -0.15) is 13.2 Å². The van der Waals surface area contributed by atoms with Crippen molar-refractivity contribution in [3.05, 3.63) is 24.0 Å². The number of carbonyl (C=O) groups is 1. The van der Waals surface area contributed by atoms with Crippen LogP contribution < -0.4 is 0 Å². The van der Waals surface area contributed by atoms with E-state index in [2.05, 4.69) is 4.98 Å². The van der Waals surface area contributed by atoms with Crippen molar-refractivity contribution in [2.24, 2.45) is 0 Å². The molecule has 1 aromatic rings. The predicted octanol–water partition coefficient (Wildman–Crippen LogP) is 2.20. The number of amides is 1. The van der Waals surface area contributed by atoms with Crippen LogP contribution in [0.15, 0.2) is 18.5 Å². The van der Waals surface area contributed by atoms with Crippen LogP contribution in [0.3, 0.4) is 0 Å². The number of carbonyl (C=O) groups excluding carboxylic acids is 1. The number of rotatable bonds is 4. The van der Waals surface area contributed by atoms with Crippen molar-refractivity contribution < 1.29 is 23.1 Å². The fourth-order valence-corrected chi connectivity index (χ4v) is 1.48. The van der Waals surface area contributed by atoms with Gasteiger partial charge in [0.05, 0.1) is 11.8 Å². The highest BCUT2D eigenvalue weighted by Crippen LogP contribution is 2.21. The Bertz CT molecular complexity index is 421. The number of halogens is 3. The first-order valence-electron chi connectivity index (χ1n) is 5.34. The summed E-state index contributed by atoms with van der Waals surface area (Å²) in [6, 6.07) is 1.19. The van der Waals surface area contributed by atoms with E-state index >= 15 is 0 Å². The Hall–Kier alpha value is -1.79. The fraction of sp³-hybridized carbons (Fsp3) is 0.455. The van der Waals surface area contributed by atoms with E-state index in [0.717, 1.165) is 6.20 Å². The lowest BCUT2D eigenvalue weighted by Crippen LogP contribution is -2.39. The fourth-order valence-electron chi connectivity index (χ4n) is 1.48. The number of hydrogen-bond donors (Lipinski definition) is 1. The van der Waals surface area contributed by atoms with Crippen molar-refractivity contribution in [1.29, 1.82) is 0 Å². The molecule has 0 saturated carbocycles. The third-order valence-corrected chi connectivity index (χ3v) is 2.18. The van der Waals surface area contributed by atoms with E-state index in [4.69, 9.17) is 0 Å². The van der Waals surface area contributed by atoms with Gasteiger partial charge in [0, 0.05) is 12.7 Å². The molecule has 100 valence electrons. The van der Waals surface area contributed by atoms with E-state index in [-0.39, 0.29) is 12.1 Å². The highest BCUT2D eigenvalue weighted by Gasteiger charge is 2.33. The minimum atomic E-state index is -4.46. The van der Waals surface area contributed by atoms with E-state index in [1.54, 1.807) is 6.92 Å². The second-order valence-corrected chi connectivity index (χ2v) is 3.73. The number of nitrogens with zero attached hydrogens (tertiary/aromatic N) is 2. The molecule has 0 radical (unpaired) electrons. The van der Waals surface area contributed by atoms with Crippen molar-refractivity contribution in [3.63, 3.8) is 0 Å². The minimum Gasteiger partial charge on any atom is -0.505 e. The van der Waals surface area contributed by atoms with Gasteiger partial charge in [0.25, 0.3) is 5.91 Å².